The molecule has 18 heavy (non-hydrogen) atoms. The molecule has 9 heteroatoms. The number of nitrogens with two attached hydrogens (primary N) is 2. The van der Waals surface area contributed by atoms with Gasteiger partial charge in [-0.1, -0.05) is 0 Å². The van der Waals surface area contributed by atoms with E-state index in [2.05, 4.69) is 15.3 Å². The van der Waals surface area contributed by atoms with Crippen LogP contribution >= 0.6 is 0 Å². The summed E-state index contributed by atoms with van der Waals surface area (Å²) in [6, 6.07) is 0.256. The predicted molar refractivity (Wildman–Crippen MR) is 58.3 cm³/mol. The molecule has 1 rings (SSSR count). The number of nitrogen functional groups attached to an aromatic ring is 1. The van der Waals surface area contributed by atoms with Gasteiger partial charge in [-0.3, -0.25) is 4.79 Å². The molecule has 1 unspecified atom stereocenters. The quantitative estimate of drug-likeness (QED) is 0.743. The molecule has 100 valence electrons. The standard InChI is InChI=1S/C9H12F3N5O/c1-4(2-6(13)18)15-7-3-5(9(10,11)12)16-8(14)17-7/h3-4H,2H2,1H3,(H2,13,18)(H3,14,15,16,17). The number of nitrogens with zero attached hydrogens (tertiary/aromatic N) is 2. The maximum Gasteiger partial charge on any atom is 0.433 e. The number of amides is 1. The minimum absolute atomic E-state index is 0.0364. The first-order chi connectivity index (χ1) is 8.18. The lowest BCUT2D eigenvalue weighted by molar-refractivity contribution is -0.141. The van der Waals surface area contributed by atoms with Crippen LogP contribution in [0.2, 0.25) is 0 Å². The maximum absolute atomic E-state index is 12.4. The second-order valence-corrected chi connectivity index (χ2v) is 3.71. The van der Waals surface area contributed by atoms with E-state index in [1.54, 1.807) is 6.92 Å². The molecule has 0 fully saturated rings. The van der Waals surface area contributed by atoms with Gasteiger partial charge in [0.15, 0.2) is 5.69 Å². The first-order valence-electron chi connectivity index (χ1n) is 4.95. The van der Waals surface area contributed by atoms with Gasteiger partial charge in [0.05, 0.1) is 0 Å². The number of hydrogen-bond acceptors (Lipinski definition) is 5. The van der Waals surface area contributed by atoms with E-state index in [1.165, 1.54) is 0 Å². The van der Waals surface area contributed by atoms with Crippen LogP contribution < -0.4 is 16.8 Å². The van der Waals surface area contributed by atoms with Gasteiger partial charge in [0.1, 0.15) is 5.82 Å². The number of halogens is 3. The zero-order valence-electron chi connectivity index (χ0n) is 9.45. The number of nitrogens with one attached hydrogen (secondary N) is 1. The Morgan fingerprint density at radius 3 is 2.61 bits per heavy atom. The van der Waals surface area contributed by atoms with E-state index in [0.29, 0.717) is 6.07 Å². The van der Waals surface area contributed by atoms with Gasteiger partial charge < -0.3 is 16.8 Å². The van der Waals surface area contributed by atoms with Crippen LogP contribution in [0.15, 0.2) is 6.07 Å². The smallest absolute Gasteiger partial charge is 0.370 e. The van der Waals surface area contributed by atoms with Crippen molar-refractivity contribution < 1.29 is 18.0 Å². The number of hydrogen-bond donors (Lipinski definition) is 3. The molecule has 0 aliphatic carbocycles. The van der Waals surface area contributed by atoms with Crippen LogP contribution in [-0.2, 0) is 11.0 Å². The minimum Gasteiger partial charge on any atom is -0.370 e. The lowest BCUT2D eigenvalue weighted by Crippen LogP contribution is -2.25. The summed E-state index contributed by atoms with van der Waals surface area (Å²) < 4.78 is 37.3. The van der Waals surface area contributed by atoms with Crippen LogP contribution in [0.4, 0.5) is 24.9 Å². The second-order valence-electron chi connectivity index (χ2n) is 3.71. The molecular weight excluding hydrogens is 251 g/mol. The SMILES string of the molecule is CC(CC(N)=O)Nc1cc(C(F)(F)F)nc(N)n1. The molecule has 1 aromatic heterocycles. The molecule has 1 atom stereocenters. The second kappa shape index (κ2) is 5.07. The Hall–Kier alpha value is -2.06. The zero-order chi connectivity index (χ0) is 13.9. The van der Waals surface area contributed by atoms with Gasteiger partial charge in [-0.05, 0) is 6.92 Å². The van der Waals surface area contributed by atoms with Crippen molar-refractivity contribution in [3.8, 4) is 0 Å². The fourth-order valence-electron chi connectivity index (χ4n) is 1.29. The Kier molecular flexibility index (Phi) is 3.94. The van der Waals surface area contributed by atoms with E-state index in [0.717, 1.165) is 0 Å². The van der Waals surface area contributed by atoms with Crippen molar-refractivity contribution in [3.05, 3.63) is 11.8 Å². The summed E-state index contributed by atoms with van der Waals surface area (Å²) in [5.74, 6) is -1.18. The summed E-state index contributed by atoms with van der Waals surface area (Å²) in [4.78, 5) is 17.3. The van der Waals surface area contributed by atoms with Crippen LogP contribution in [-0.4, -0.2) is 21.9 Å². The number of alkyl halides is 3. The summed E-state index contributed by atoms with van der Waals surface area (Å²) in [6.07, 6.45) is -4.65. The van der Waals surface area contributed by atoms with Gasteiger partial charge in [0.2, 0.25) is 11.9 Å². The molecule has 0 radical (unpaired) electrons. The average Bonchev–Trinajstić information content (AvgIpc) is 2.13. The first-order valence-corrected chi connectivity index (χ1v) is 4.95. The van der Waals surface area contributed by atoms with Crippen molar-refractivity contribution in [2.24, 2.45) is 5.73 Å². The van der Waals surface area contributed by atoms with Crippen molar-refractivity contribution in [1.29, 1.82) is 0 Å². The highest BCUT2D eigenvalue weighted by Crippen LogP contribution is 2.29. The zero-order valence-corrected chi connectivity index (χ0v) is 9.45. The van der Waals surface area contributed by atoms with Gasteiger partial charge in [-0.25, -0.2) is 4.98 Å². The Labute approximate surface area is 101 Å². The van der Waals surface area contributed by atoms with Crippen molar-refractivity contribution in [3.63, 3.8) is 0 Å². The molecule has 5 N–H and O–H groups in total. The molecule has 0 aromatic carbocycles. The minimum atomic E-state index is -4.61. The molecule has 0 saturated carbocycles. The molecule has 1 heterocycles. The highest BCUT2D eigenvalue weighted by atomic mass is 19.4. The molecule has 0 aliphatic heterocycles. The molecule has 0 aliphatic rings. The van der Waals surface area contributed by atoms with Crippen molar-refractivity contribution in [2.45, 2.75) is 25.6 Å². The average molecular weight is 263 g/mol. The van der Waals surface area contributed by atoms with E-state index < -0.39 is 29.8 Å². The fourth-order valence-corrected chi connectivity index (χ4v) is 1.29. The van der Waals surface area contributed by atoms with Crippen LogP contribution in [0.5, 0.6) is 0 Å². The number of carbonyl (C=O) groups is 1. The van der Waals surface area contributed by atoms with Crippen LogP contribution in [0.1, 0.15) is 19.0 Å². The van der Waals surface area contributed by atoms with Crippen molar-refractivity contribution in [1.82, 2.24) is 9.97 Å². The summed E-state index contributed by atoms with van der Waals surface area (Å²) in [5.41, 5.74) is 8.99. The van der Waals surface area contributed by atoms with Crippen molar-refractivity contribution in [2.75, 3.05) is 11.1 Å². The molecule has 1 amide bonds. The third kappa shape index (κ3) is 4.07. The largest absolute Gasteiger partial charge is 0.433 e. The monoisotopic (exact) mass is 263 g/mol. The van der Waals surface area contributed by atoms with Crippen LogP contribution in [0.25, 0.3) is 0 Å². The third-order valence-corrected chi connectivity index (χ3v) is 1.94. The van der Waals surface area contributed by atoms with Gasteiger partial charge in [0, 0.05) is 18.5 Å². The van der Waals surface area contributed by atoms with Gasteiger partial charge >= 0.3 is 6.18 Å². The normalized spacial score (nSPS) is 13.1. The Balaban J connectivity index is 2.90. The lowest BCUT2D eigenvalue weighted by atomic mass is 10.2. The Morgan fingerprint density at radius 1 is 1.50 bits per heavy atom. The highest BCUT2D eigenvalue weighted by molar-refractivity contribution is 5.74. The summed E-state index contributed by atoms with van der Waals surface area (Å²) in [7, 11) is 0. The molecule has 0 spiro atoms. The van der Waals surface area contributed by atoms with Gasteiger partial charge in [0.25, 0.3) is 0 Å². The lowest BCUT2D eigenvalue weighted by Gasteiger charge is -2.14. The first kappa shape index (κ1) is 14.0. The third-order valence-electron chi connectivity index (χ3n) is 1.94. The number of primary amides is 1. The number of carbonyl (C=O) groups excluding carboxylic acids is 1. The molecular formula is C9H12F3N5O. The van der Waals surface area contributed by atoms with E-state index in [9.17, 15) is 18.0 Å². The summed E-state index contributed by atoms with van der Waals surface area (Å²) in [5, 5.41) is 2.59. The molecule has 1 aromatic rings. The summed E-state index contributed by atoms with van der Waals surface area (Å²) >= 11 is 0. The molecule has 6 nitrogen and oxygen atoms in total. The fraction of sp³-hybridized carbons (Fsp3) is 0.444. The topological polar surface area (TPSA) is 107 Å². The Morgan fingerprint density at radius 2 is 2.11 bits per heavy atom. The van der Waals surface area contributed by atoms with Gasteiger partial charge in [-0.15, -0.1) is 0 Å². The summed E-state index contributed by atoms with van der Waals surface area (Å²) in [6.45, 7) is 1.58. The Bertz CT molecular complexity index is 448. The van der Waals surface area contributed by atoms with Gasteiger partial charge in [-0.2, -0.15) is 18.2 Å². The number of aromatic nitrogens is 2. The van der Waals surface area contributed by atoms with E-state index >= 15 is 0 Å². The van der Waals surface area contributed by atoms with E-state index in [1.807, 2.05) is 0 Å². The van der Waals surface area contributed by atoms with Crippen LogP contribution in [0, 0.1) is 0 Å². The highest BCUT2D eigenvalue weighted by Gasteiger charge is 2.33. The van der Waals surface area contributed by atoms with Crippen molar-refractivity contribution >= 4 is 17.7 Å². The number of anilines is 2. The molecule has 0 bridgehead atoms. The van der Waals surface area contributed by atoms with Crippen LogP contribution in [0.3, 0.4) is 0 Å². The maximum atomic E-state index is 12.4. The predicted octanol–water partition coefficient (Wildman–Crippen LogP) is 0.753. The van der Waals surface area contributed by atoms with E-state index in [4.69, 9.17) is 11.5 Å². The number of rotatable bonds is 4. The molecule has 0 saturated heterocycles. The van der Waals surface area contributed by atoms with E-state index in [-0.39, 0.29) is 12.2 Å².